The van der Waals surface area contributed by atoms with E-state index in [0.29, 0.717) is 6.67 Å². The van der Waals surface area contributed by atoms with Crippen molar-refractivity contribution in [3.05, 3.63) is 133 Å². The summed E-state index contributed by atoms with van der Waals surface area (Å²) in [7, 11) is 0. The summed E-state index contributed by atoms with van der Waals surface area (Å²) < 4.78 is 6.14. The van der Waals surface area contributed by atoms with Gasteiger partial charge in [-0.1, -0.05) is 84.9 Å². The summed E-state index contributed by atoms with van der Waals surface area (Å²) in [6.45, 7) is 0.674. The Kier molecular flexibility index (Phi) is 4.58. The number of hydrogen-bond acceptors (Lipinski definition) is 3. The summed E-state index contributed by atoms with van der Waals surface area (Å²) in [6.07, 6.45) is 0. The summed E-state index contributed by atoms with van der Waals surface area (Å²) in [5.41, 5.74) is 8.98. The molecule has 0 amide bonds. The van der Waals surface area contributed by atoms with Crippen LogP contribution in [0.2, 0.25) is 0 Å². The van der Waals surface area contributed by atoms with Gasteiger partial charge in [-0.25, -0.2) is 0 Å². The van der Waals surface area contributed by atoms with Gasteiger partial charge in [0.1, 0.15) is 11.2 Å². The van der Waals surface area contributed by atoms with Gasteiger partial charge in [0.2, 0.25) is 0 Å². The molecule has 0 unspecified atom stereocenters. The highest BCUT2D eigenvalue weighted by Crippen LogP contribution is 2.46. The first-order chi connectivity index (χ1) is 18.8. The van der Waals surface area contributed by atoms with E-state index in [2.05, 4.69) is 131 Å². The smallest absolute Gasteiger partial charge is 0.135 e. The van der Waals surface area contributed by atoms with Crippen molar-refractivity contribution in [3.8, 4) is 11.1 Å². The maximum absolute atomic E-state index is 6.14. The number of benzene rings is 6. The van der Waals surface area contributed by atoms with E-state index >= 15 is 0 Å². The zero-order valence-corrected chi connectivity index (χ0v) is 20.7. The van der Waals surface area contributed by atoms with Crippen molar-refractivity contribution in [1.82, 2.24) is 0 Å². The molecule has 2 heterocycles. The van der Waals surface area contributed by atoms with Crippen LogP contribution in [0.5, 0.6) is 0 Å². The van der Waals surface area contributed by atoms with Crippen LogP contribution in [-0.4, -0.2) is 6.67 Å². The van der Waals surface area contributed by atoms with E-state index in [-0.39, 0.29) is 0 Å². The van der Waals surface area contributed by atoms with Crippen LogP contribution in [0.25, 0.3) is 43.8 Å². The standard InChI is InChI=1S/C35H24N2O/c1-2-10-25-21-26(18-17-24(25)9-1)36-23-37(33-15-7-4-12-29(33)28-11-3-6-14-32(28)36)27-19-20-35-31(22-27)30-13-5-8-16-34(30)38-35/h1-22H,23H2. The second kappa shape index (κ2) is 8.25. The quantitative estimate of drug-likeness (QED) is 0.241. The van der Waals surface area contributed by atoms with E-state index in [9.17, 15) is 0 Å². The lowest BCUT2D eigenvalue weighted by Gasteiger charge is -2.32. The third-order valence-electron chi connectivity index (χ3n) is 7.68. The van der Waals surface area contributed by atoms with E-state index in [1.165, 1.54) is 39.0 Å². The number of fused-ring (bicyclic) bond motifs is 7. The number of nitrogens with zero attached hydrogens (tertiary/aromatic N) is 2. The predicted octanol–water partition coefficient (Wildman–Crippen LogP) is 9.65. The van der Waals surface area contributed by atoms with Crippen LogP contribution < -0.4 is 9.80 Å². The lowest BCUT2D eigenvalue weighted by molar-refractivity contribution is 0.669. The highest BCUT2D eigenvalue weighted by atomic mass is 16.3. The number of hydrogen-bond donors (Lipinski definition) is 0. The number of anilines is 4. The first kappa shape index (κ1) is 21.1. The van der Waals surface area contributed by atoms with E-state index in [1.54, 1.807) is 0 Å². The molecule has 180 valence electrons. The van der Waals surface area contributed by atoms with Crippen LogP contribution in [0.15, 0.2) is 138 Å². The molecule has 7 aromatic rings. The molecule has 0 atom stereocenters. The molecule has 1 aliphatic heterocycles. The van der Waals surface area contributed by atoms with Crippen LogP contribution >= 0.6 is 0 Å². The van der Waals surface area contributed by atoms with Crippen LogP contribution in [0.1, 0.15) is 0 Å². The van der Waals surface area contributed by atoms with Crippen molar-refractivity contribution >= 4 is 55.5 Å². The summed E-state index contributed by atoms with van der Waals surface area (Å²) in [5, 5.41) is 4.76. The molecule has 0 N–H and O–H groups in total. The first-order valence-electron chi connectivity index (χ1n) is 13.0. The SMILES string of the molecule is c1ccc2c(c1)-c1ccccc1N(c1ccc3oc4ccccc4c3c1)CN2c1ccc2ccccc2c1. The van der Waals surface area contributed by atoms with Crippen LogP contribution in [0.4, 0.5) is 22.7 Å². The van der Waals surface area contributed by atoms with Crippen molar-refractivity contribution in [3.63, 3.8) is 0 Å². The maximum atomic E-state index is 6.14. The fraction of sp³-hybridized carbons (Fsp3) is 0.0286. The van der Waals surface area contributed by atoms with Crippen LogP contribution in [0.3, 0.4) is 0 Å². The van der Waals surface area contributed by atoms with Gasteiger partial charge in [-0.05, 0) is 59.3 Å². The van der Waals surface area contributed by atoms with Crippen LogP contribution in [0, 0.1) is 0 Å². The average Bonchev–Trinajstić information content (AvgIpc) is 3.28. The summed E-state index contributed by atoms with van der Waals surface area (Å²) >= 11 is 0. The Labute approximate surface area is 220 Å². The molecular formula is C35H24N2O. The molecular weight excluding hydrogens is 464 g/mol. The maximum Gasteiger partial charge on any atom is 0.135 e. The van der Waals surface area contributed by atoms with Gasteiger partial charge >= 0.3 is 0 Å². The van der Waals surface area contributed by atoms with Crippen molar-refractivity contribution < 1.29 is 4.42 Å². The summed E-state index contributed by atoms with van der Waals surface area (Å²) in [6, 6.07) is 47.6. The lowest BCUT2D eigenvalue weighted by atomic mass is 10.0. The van der Waals surface area contributed by atoms with Gasteiger partial charge in [0.05, 0.1) is 18.0 Å². The Morgan fingerprint density at radius 3 is 1.82 bits per heavy atom. The van der Waals surface area contributed by atoms with Gasteiger partial charge in [0.15, 0.2) is 0 Å². The van der Waals surface area contributed by atoms with Gasteiger partial charge in [-0.3, -0.25) is 0 Å². The minimum atomic E-state index is 0.674. The fourth-order valence-corrected chi connectivity index (χ4v) is 5.84. The Hall–Kier alpha value is -5.02. The highest BCUT2D eigenvalue weighted by molar-refractivity contribution is 6.06. The second-order valence-electron chi connectivity index (χ2n) is 9.84. The molecule has 3 heteroatoms. The van der Waals surface area contributed by atoms with E-state index in [0.717, 1.165) is 27.6 Å². The topological polar surface area (TPSA) is 19.6 Å². The molecule has 0 saturated carbocycles. The predicted molar refractivity (Wildman–Crippen MR) is 159 cm³/mol. The zero-order chi connectivity index (χ0) is 25.1. The van der Waals surface area contributed by atoms with Gasteiger partial charge < -0.3 is 14.2 Å². The van der Waals surface area contributed by atoms with Gasteiger partial charge in [-0.2, -0.15) is 0 Å². The van der Waals surface area contributed by atoms with Crippen LogP contribution in [-0.2, 0) is 0 Å². The van der Waals surface area contributed by atoms with Crippen molar-refractivity contribution in [2.45, 2.75) is 0 Å². The molecule has 0 fully saturated rings. The Morgan fingerprint density at radius 2 is 1.03 bits per heavy atom. The largest absolute Gasteiger partial charge is 0.456 e. The number of rotatable bonds is 2. The first-order valence-corrected chi connectivity index (χ1v) is 13.0. The molecule has 3 nitrogen and oxygen atoms in total. The molecule has 0 aliphatic carbocycles. The number of furan rings is 1. The number of para-hydroxylation sites is 3. The monoisotopic (exact) mass is 488 g/mol. The van der Waals surface area contributed by atoms with Gasteiger partial charge in [0, 0.05) is 33.3 Å². The van der Waals surface area contributed by atoms with Gasteiger partial charge in [0.25, 0.3) is 0 Å². The van der Waals surface area contributed by atoms with Crippen molar-refractivity contribution in [2.24, 2.45) is 0 Å². The van der Waals surface area contributed by atoms with E-state index in [4.69, 9.17) is 4.42 Å². The molecule has 0 radical (unpaired) electrons. The Balaban J connectivity index is 1.36. The molecule has 1 aromatic heterocycles. The second-order valence-corrected chi connectivity index (χ2v) is 9.84. The van der Waals surface area contributed by atoms with Crippen molar-refractivity contribution in [2.75, 3.05) is 16.5 Å². The minimum absolute atomic E-state index is 0.674. The molecule has 38 heavy (non-hydrogen) atoms. The normalized spacial score (nSPS) is 13.1. The van der Waals surface area contributed by atoms with Gasteiger partial charge in [-0.15, -0.1) is 0 Å². The highest BCUT2D eigenvalue weighted by Gasteiger charge is 2.26. The Morgan fingerprint density at radius 1 is 0.447 bits per heavy atom. The van der Waals surface area contributed by atoms with E-state index < -0.39 is 0 Å². The lowest BCUT2D eigenvalue weighted by Crippen LogP contribution is -2.31. The Bertz CT molecular complexity index is 1990. The van der Waals surface area contributed by atoms with E-state index in [1.807, 2.05) is 12.1 Å². The van der Waals surface area contributed by atoms with Crippen molar-refractivity contribution in [1.29, 1.82) is 0 Å². The molecule has 8 rings (SSSR count). The molecule has 0 spiro atoms. The average molecular weight is 489 g/mol. The molecule has 1 aliphatic rings. The molecule has 0 saturated heterocycles. The summed E-state index contributed by atoms with van der Waals surface area (Å²) in [5.74, 6) is 0. The third kappa shape index (κ3) is 3.22. The zero-order valence-electron chi connectivity index (χ0n) is 20.7. The fourth-order valence-electron chi connectivity index (χ4n) is 5.84. The third-order valence-corrected chi connectivity index (χ3v) is 7.68. The molecule has 6 aromatic carbocycles. The molecule has 0 bridgehead atoms. The minimum Gasteiger partial charge on any atom is -0.456 e. The summed E-state index contributed by atoms with van der Waals surface area (Å²) in [4.78, 5) is 4.85.